The first kappa shape index (κ1) is 11.0. The van der Waals surface area contributed by atoms with E-state index in [1.54, 1.807) is 0 Å². The maximum Gasteiger partial charge on any atom is 0.186 e. The van der Waals surface area contributed by atoms with E-state index in [4.69, 9.17) is 10.9 Å². The van der Waals surface area contributed by atoms with Crippen molar-refractivity contribution in [3.63, 3.8) is 0 Å². The van der Waals surface area contributed by atoms with E-state index >= 15 is 0 Å². The first-order chi connectivity index (χ1) is 7.81. The standard InChI is InChI=1S/C12H19N3O/c13-12(14-16)11-7-4-8-15(11)9-10-5-2-1-3-6-10/h4,7-8,10,16H,1-3,5-6,9H2,(H2,13,14). The Hall–Kier alpha value is -1.45. The third kappa shape index (κ3) is 2.38. The van der Waals surface area contributed by atoms with Gasteiger partial charge in [0.25, 0.3) is 0 Å². The predicted molar refractivity (Wildman–Crippen MR) is 63.5 cm³/mol. The molecule has 0 unspecified atom stereocenters. The van der Waals surface area contributed by atoms with Crippen molar-refractivity contribution >= 4 is 5.84 Å². The number of oxime groups is 1. The molecule has 1 aromatic heterocycles. The Morgan fingerprint density at radius 2 is 2.19 bits per heavy atom. The van der Waals surface area contributed by atoms with Gasteiger partial charge in [-0.1, -0.05) is 24.4 Å². The lowest BCUT2D eigenvalue weighted by Crippen LogP contribution is -2.21. The van der Waals surface area contributed by atoms with Gasteiger partial charge in [0.05, 0.1) is 5.69 Å². The highest BCUT2D eigenvalue weighted by Gasteiger charge is 2.15. The van der Waals surface area contributed by atoms with Gasteiger partial charge in [0, 0.05) is 12.7 Å². The van der Waals surface area contributed by atoms with E-state index in [0.717, 1.165) is 18.2 Å². The van der Waals surface area contributed by atoms with Crippen molar-refractivity contribution in [1.29, 1.82) is 0 Å². The van der Waals surface area contributed by atoms with Crippen molar-refractivity contribution in [3.8, 4) is 0 Å². The second-order valence-corrected chi connectivity index (χ2v) is 4.54. The first-order valence-electron chi connectivity index (χ1n) is 5.94. The van der Waals surface area contributed by atoms with Crippen LogP contribution in [0.25, 0.3) is 0 Å². The summed E-state index contributed by atoms with van der Waals surface area (Å²) in [6, 6.07) is 3.83. The van der Waals surface area contributed by atoms with Crippen LogP contribution in [0.2, 0.25) is 0 Å². The minimum Gasteiger partial charge on any atom is -0.409 e. The fourth-order valence-corrected chi connectivity index (χ4v) is 2.50. The van der Waals surface area contributed by atoms with E-state index in [1.807, 2.05) is 18.3 Å². The molecular weight excluding hydrogens is 202 g/mol. The highest BCUT2D eigenvalue weighted by Crippen LogP contribution is 2.25. The zero-order valence-corrected chi connectivity index (χ0v) is 9.47. The van der Waals surface area contributed by atoms with Crippen molar-refractivity contribution in [2.24, 2.45) is 16.8 Å². The maximum atomic E-state index is 8.69. The predicted octanol–water partition coefficient (Wildman–Crippen LogP) is 2.16. The monoisotopic (exact) mass is 221 g/mol. The summed E-state index contributed by atoms with van der Waals surface area (Å²) in [4.78, 5) is 0. The molecule has 0 aliphatic heterocycles. The molecule has 1 aliphatic carbocycles. The number of hydrogen-bond acceptors (Lipinski definition) is 2. The van der Waals surface area contributed by atoms with Gasteiger partial charge in [0.1, 0.15) is 0 Å². The van der Waals surface area contributed by atoms with Crippen molar-refractivity contribution in [2.45, 2.75) is 38.6 Å². The zero-order valence-electron chi connectivity index (χ0n) is 9.47. The summed E-state index contributed by atoms with van der Waals surface area (Å²) in [6.07, 6.45) is 8.65. The first-order valence-corrected chi connectivity index (χ1v) is 5.94. The average Bonchev–Trinajstić information content (AvgIpc) is 2.77. The summed E-state index contributed by atoms with van der Waals surface area (Å²) in [5.41, 5.74) is 6.44. The van der Waals surface area contributed by atoms with Gasteiger partial charge in [-0.25, -0.2) is 0 Å². The molecule has 1 fully saturated rings. The van der Waals surface area contributed by atoms with Crippen LogP contribution in [0.15, 0.2) is 23.5 Å². The van der Waals surface area contributed by atoms with E-state index in [9.17, 15) is 0 Å². The molecule has 0 saturated heterocycles. The molecule has 0 amide bonds. The highest BCUT2D eigenvalue weighted by molar-refractivity contribution is 5.95. The summed E-state index contributed by atoms with van der Waals surface area (Å²) >= 11 is 0. The Balaban J connectivity index is 2.06. The van der Waals surface area contributed by atoms with Crippen LogP contribution in [0.4, 0.5) is 0 Å². The molecule has 1 aromatic rings. The summed E-state index contributed by atoms with van der Waals surface area (Å²) in [7, 11) is 0. The topological polar surface area (TPSA) is 63.5 Å². The van der Waals surface area contributed by atoms with Crippen molar-refractivity contribution < 1.29 is 5.21 Å². The molecule has 0 spiro atoms. The van der Waals surface area contributed by atoms with Crippen LogP contribution in [0.5, 0.6) is 0 Å². The Morgan fingerprint density at radius 1 is 1.44 bits per heavy atom. The lowest BCUT2D eigenvalue weighted by molar-refractivity contribution is 0.313. The lowest BCUT2D eigenvalue weighted by atomic mass is 9.89. The lowest BCUT2D eigenvalue weighted by Gasteiger charge is -2.22. The van der Waals surface area contributed by atoms with Gasteiger partial charge in [-0.3, -0.25) is 0 Å². The Labute approximate surface area is 95.7 Å². The van der Waals surface area contributed by atoms with Crippen LogP contribution in [-0.2, 0) is 6.54 Å². The summed E-state index contributed by atoms with van der Waals surface area (Å²) in [6.45, 7) is 0.985. The molecule has 4 nitrogen and oxygen atoms in total. The summed E-state index contributed by atoms with van der Waals surface area (Å²) in [5.74, 6) is 0.937. The molecule has 0 aromatic carbocycles. The van der Waals surface area contributed by atoms with Gasteiger partial charge in [-0.15, -0.1) is 0 Å². The molecule has 0 radical (unpaired) electrons. The summed E-state index contributed by atoms with van der Waals surface area (Å²) in [5, 5.41) is 11.7. The molecule has 16 heavy (non-hydrogen) atoms. The molecule has 1 saturated carbocycles. The largest absolute Gasteiger partial charge is 0.409 e. The number of aromatic nitrogens is 1. The van der Waals surface area contributed by atoms with Gasteiger partial charge in [0.2, 0.25) is 0 Å². The second kappa shape index (κ2) is 5.05. The quantitative estimate of drug-likeness (QED) is 0.355. The van der Waals surface area contributed by atoms with Crippen LogP contribution in [-0.4, -0.2) is 15.6 Å². The average molecular weight is 221 g/mol. The molecule has 1 heterocycles. The SMILES string of the molecule is N/C(=N/O)c1cccn1CC1CCCCC1. The van der Waals surface area contributed by atoms with Crippen LogP contribution >= 0.6 is 0 Å². The van der Waals surface area contributed by atoms with Crippen LogP contribution in [0.3, 0.4) is 0 Å². The van der Waals surface area contributed by atoms with E-state index in [2.05, 4.69) is 9.72 Å². The molecule has 0 atom stereocenters. The van der Waals surface area contributed by atoms with E-state index in [1.165, 1.54) is 32.1 Å². The molecule has 88 valence electrons. The Kier molecular flexibility index (Phi) is 3.49. The fourth-order valence-electron chi connectivity index (χ4n) is 2.50. The fraction of sp³-hybridized carbons (Fsp3) is 0.583. The molecule has 2 rings (SSSR count). The van der Waals surface area contributed by atoms with Crippen molar-refractivity contribution in [2.75, 3.05) is 0 Å². The van der Waals surface area contributed by atoms with Crippen LogP contribution in [0, 0.1) is 5.92 Å². The van der Waals surface area contributed by atoms with Gasteiger partial charge in [0.15, 0.2) is 5.84 Å². The highest BCUT2D eigenvalue weighted by atomic mass is 16.4. The number of amidine groups is 1. The molecular formula is C12H19N3O. The minimum atomic E-state index is 0.195. The third-order valence-corrected chi connectivity index (χ3v) is 3.38. The Morgan fingerprint density at radius 3 is 2.88 bits per heavy atom. The normalized spacial score (nSPS) is 18.9. The van der Waals surface area contributed by atoms with Gasteiger partial charge in [-0.05, 0) is 30.9 Å². The number of rotatable bonds is 3. The van der Waals surface area contributed by atoms with E-state index in [-0.39, 0.29) is 5.84 Å². The number of nitrogens with zero attached hydrogens (tertiary/aromatic N) is 2. The van der Waals surface area contributed by atoms with Gasteiger partial charge in [-0.2, -0.15) is 0 Å². The molecule has 4 heteroatoms. The number of hydrogen-bond donors (Lipinski definition) is 2. The maximum absolute atomic E-state index is 8.69. The van der Waals surface area contributed by atoms with E-state index < -0.39 is 0 Å². The molecule has 3 N–H and O–H groups in total. The van der Waals surface area contributed by atoms with E-state index in [0.29, 0.717) is 0 Å². The minimum absolute atomic E-state index is 0.195. The van der Waals surface area contributed by atoms with Crippen LogP contribution in [0.1, 0.15) is 37.8 Å². The van der Waals surface area contributed by atoms with Crippen molar-refractivity contribution in [1.82, 2.24) is 4.57 Å². The zero-order chi connectivity index (χ0) is 11.4. The molecule has 1 aliphatic rings. The molecule has 0 bridgehead atoms. The smallest absolute Gasteiger partial charge is 0.186 e. The Bertz CT molecular complexity index is 364. The number of nitrogens with two attached hydrogens (primary N) is 1. The summed E-state index contributed by atoms with van der Waals surface area (Å²) < 4.78 is 2.09. The third-order valence-electron chi connectivity index (χ3n) is 3.38. The van der Waals surface area contributed by atoms with Crippen molar-refractivity contribution in [3.05, 3.63) is 24.0 Å². The van der Waals surface area contributed by atoms with Gasteiger partial charge < -0.3 is 15.5 Å². The van der Waals surface area contributed by atoms with Crippen LogP contribution < -0.4 is 5.73 Å². The second-order valence-electron chi connectivity index (χ2n) is 4.54. The van der Waals surface area contributed by atoms with Gasteiger partial charge >= 0.3 is 0 Å².